The quantitative estimate of drug-likeness (QED) is 0.583. The summed E-state index contributed by atoms with van der Waals surface area (Å²) in [6, 6.07) is 0. The summed E-state index contributed by atoms with van der Waals surface area (Å²) >= 11 is 0. The molecule has 0 spiro atoms. The molecule has 0 aromatic rings. The van der Waals surface area contributed by atoms with Gasteiger partial charge in [-0.05, 0) is 74.0 Å². The monoisotopic (exact) mass is 362 g/mol. The minimum absolute atomic E-state index is 0.0545. The lowest BCUT2D eigenvalue weighted by Gasteiger charge is -2.60. The Balaban J connectivity index is 1.73. The van der Waals surface area contributed by atoms with E-state index in [-0.39, 0.29) is 29.0 Å². The molecule has 2 N–H and O–H groups in total. The number of hydrogen-bond acceptors (Lipinski definition) is 4. The van der Waals surface area contributed by atoms with Crippen LogP contribution in [-0.4, -0.2) is 35.0 Å². The molecule has 3 saturated carbocycles. The molecule has 4 heteroatoms. The fourth-order valence-electron chi connectivity index (χ4n) is 7.36. The van der Waals surface area contributed by atoms with E-state index in [2.05, 4.69) is 19.9 Å². The predicted molar refractivity (Wildman–Crippen MR) is 99.2 cm³/mol. The van der Waals surface area contributed by atoms with E-state index in [1.54, 1.807) is 0 Å². The van der Waals surface area contributed by atoms with E-state index in [0.717, 1.165) is 44.9 Å². The lowest BCUT2D eigenvalue weighted by Crippen LogP contribution is -2.55. The average molecular weight is 363 g/mol. The van der Waals surface area contributed by atoms with Crippen LogP contribution in [0.2, 0.25) is 0 Å². The molecule has 0 aromatic heterocycles. The number of aliphatic hydroxyl groups is 2. The van der Waals surface area contributed by atoms with Gasteiger partial charge in [0, 0.05) is 12.3 Å². The van der Waals surface area contributed by atoms with Crippen molar-refractivity contribution in [3.63, 3.8) is 0 Å². The first kappa shape index (κ1) is 18.5. The highest BCUT2D eigenvalue weighted by atomic mass is 16.5. The molecule has 0 radical (unpaired) electrons. The van der Waals surface area contributed by atoms with Crippen molar-refractivity contribution in [2.24, 2.45) is 34.5 Å². The van der Waals surface area contributed by atoms with Crippen LogP contribution in [0.3, 0.4) is 0 Å². The van der Waals surface area contributed by atoms with Crippen LogP contribution in [0.5, 0.6) is 0 Å². The summed E-state index contributed by atoms with van der Waals surface area (Å²) in [7, 11) is 0. The first-order valence-electron chi connectivity index (χ1n) is 10.5. The normalized spacial score (nSPS) is 50.3. The molecule has 8 atom stereocenters. The molecule has 146 valence electrons. The third-order valence-corrected chi connectivity index (χ3v) is 8.62. The molecular formula is C22H34O4. The molecule has 0 aliphatic heterocycles. The molecule has 0 heterocycles. The summed E-state index contributed by atoms with van der Waals surface area (Å²) in [4.78, 5) is 11.6. The van der Waals surface area contributed by atoms with Crippen LogP contribution >= 0.6 is 0 Å². The minimum atomic E-state index is -0.364. The van der Waals surface area contributed by atoms with Gasteiger partial charge in [-0.3, -0.25) is 4.79 Å². The van der Waals surface area contributed by atoms with Crippen LogP contribution in [0.1, 0.15) is 65.7 Å². The van der Waals surface area contributed by atoms with E-state index >= 15 is 0 Å². The van der Waals surface area contributed by atoms with Gasteiger partial charge >= 0.3 is 5.97 Å². The van der Waals surface area contributed by atoms with Crippen molar-refractivity contribution in [3.8, 4) is 0 Å². The van der Waals surface area contributed by atoms with E-state index in [4.69, 9.17) is 4.74 Å². The van der Waals surface area contributed by atoms with Crippen LogP contribution in [0.25, 0.3) is 0 Å². The summed E-state index contributed by atoms with van der Waals surface area (Å²) in [6.07, 6.45) is 8.55. The lowest BCUT2D eigenvalue weighted by atomic mass is 9.45. The van der Waals surface area contributed by atoms with Crippen molar-refractivity contribution in [1.82, 2.24) is 0 Å². The van der Waals surface area contributed by atoms with Crippen LogP contribution < -0.4 is 0 Å². The summed E-state index contributed by atoms with van der Waals surface area (Å²) in [5.74, 6) is 1.85. The molecule has 26 heavy (non-hydrogen) atoms. The molecule has 4 aliphatic carbocycles. The second-order valence-corrected chi connectivity index (χ2v) is 9.82. The molecule has 0 aromatic carbocycles. The Morgan fingerprint density at radius 1 is 1.19 bits per heavy atom. The summed E-state index contributed by atoms with van der Waals surface area (Å²) in [5.41, 5.74) is 1.28. The van der Waals surface area contributed by atoms with Crippen molar-refractivity contribution in [2.75, 3.05) is 6.61 Å². The van der Waals surface area contributed by atoms with Crippen LogP contribution in [0, 0.1) is 34.5 Å². The predicted octanol–water partition coefficient (Wildman–Crippen LogP) is 3.46. The van der Waals surface area contributed by atoms with Crippen molar-refractivity contribution >= 4 is 5.97 Å². The first-order valence-corrected chi connectivity index (χ1v) is 10.5. The zero-order chi connectivity index (χ0) is 18.7. The maximum atomic E-state index is 11.6. The number of esters is 1. The first-order chi connectivity index (χ1) is 12.3. The van der Waals surface area contributed by atoms with Gasteiger partial charge in [0.25, 0.3) is 0 Å². The lowest BCUT2D eigenvalue weighted by molar-refractivity contribution is -0.152. The third kappa shape index (κ3) is 2.59. The molecule has 0 saturated heterocycles. The van der Waals surface area contributed by atoms with Gasteiger partial charge in [0.2, 0.25) is 0 Å². The fraction of sp³-hybridized carbons (Fsp3) is 0.864. The van der Waals surface area contributed by atoms with E-state index in [0.29, 0.717) is 30.3 Å². The second-order valence-electron chi connectivity index (χ2n) is 9.82. The van der Waals surface area contributed by atoms with E-state index in [9.17, 15) is 15.0 Å². The topological polar surface area (TPSA) is 66.8 Å². The fourth-order valence-corrected chi connectivity index (χ4v) is 7.36. The summed E-state index contributed by atoms with van der Waals surface area (Å²) in [5, 5.41) is 20.9. The third-order valence-electron chi connectivity index (χ3n) is 8.62. The maximum Gasteiger partial charge on any atom is 0.302 e. The number of carbonyl (C=O) groups is 1. The zero-order valence-corrected chi connectivity index (χ0v) is 16.4. The van der Waals surface area contributed by atoms with Crippen molar-refractivity contribution in [2.45, 2.75) is 77.9 Å². The van der Waals surface area contributed by atoms with Gasteiger partial charge in [0.05, 0.1) is 12.2 Å². The maximum absolute atomic E-state index is 11.6. The van der Waals surface area contributed by atoms with Gasteiger partial charge in [-0.15, -0.1) is 0 Å². The highest BCUT2D eigenvalue weighted by Crippen LogP contribution is 2.66. The molecule has 4 rings (SSSR count). The zero-order valence-electron chi connectivity index (χ0n) is 16.4. The van der Waals surface area contributed by atoms with Gasteiger partial charge in [0.15, 0.2) is 0 Å². The number of aliphatic hydroxyl groups excluding tert-OH is 2. The van der Waals surface area contributed by atoms with E-state index in [1.165, 1.54) is 12.5 Å². The number of hydrogen-bond donors (Lipinski definition) is 2. The summed E-state index contributed by atoms with van der Waals surface area (Å²) < 4.78 is 5.62. The van der Waals surface area contributed by atoms with Crippen LogP contribution in [-0.2, 0) is 9.53 Å². The molecule has 3 fully saturated rings. The SMILES string of the molecule is CC(=O)OC[C@]12CCC(O)C=C1C(C)C[C@@H]1[C@H]2CC[C@]2(C)C(O)CC[C@@H]12. The Hall–Kier alpha value is -0.870. The molecule has 3 unspecified atom stereocenters. The van der Waals surface area contributed by atoms with Crippen molar-refractivity contribution < 1.29 is 19.7 Å². The highest BCUT2D eigenvalue weighted by molar-refractivity contribution is 5.66. The van der Waals surface area contributed by atoms with Crippen LogP contribution in [0.15, 0.2) is 11.6 Å². The number of rotatable bonds is 2. The van der Waals surface area contributed by atoms with Crippen molar-refractivity contribution in [3.05, 3.63) is 11.6 Å². The highest BCUT2D eigenvalue weighted by Gasteiger charge is 2.61. The number of fused-ring (bicyclic) bond motifs is 5. The van der Waals surface area contributed by atoms with E-state index in [1.807, 2.05) is 0 Å². The number of carbonyl (C=O) groups excluding carboxylic acids is 1. The van der Waals surface area contributed by atoms with Gasteiger partial charge in [-0.1, -0.05) is 25.5 Å². The molecular weight excluding hydrogens is 328 g/mol. The largest absolute Gasteiger partial charge is 0.465 e. The minimum Gasteiger partial charge on any atom is -0.465 e. The van der Waals surface area contributed by atoms with Gasteiger partial charge in [0.1, 0.15) is 6.61 Å². The Bertz CT molecular complexity index is 613. The van der Waals surface area contributed by atoms with Gasteiger partial charge in [-0.25, -0.2) is 0 Å². The average Bonchev–Trinajstić information content (AvgIpc) is 2.90. The number of ether oxygens (including phenoxy) is 1. The molecule has 0 amide bonds. The Kier molecular flexibility index (Phi) is 4.51. The molecule has 4 aliphatic rings. The standard InChI is InChI=1S/C22H34O4/c1-13-10-16-17-4-5-20(25)21(17,3)8-7-18(16)22(12-26-14(2)23)9-6-15(24)11-19(13)22/h11,13,15-18,20,24-25H,4-10,12H2,1-3H3/t13?,15?,16-,17-,18+,20?,21-,22-/m0/s1. The van der Waals surface area contributed by atoms with Gasteiger partial charge < -0.3 is 14.9 Å². The molecule has 0 bridgehead atoms. The Morgan fingerprint density at radius 3 is 2.69 bits per heavy atom. The second kappa shape index (κ2) is 6.34. The smallest absolute Gasteiger partial charge is 0.302 e. The molecule has 4 nitrogen and oxygen atoms in total. The Labute approximate surface area is 157 Å². The van der Waals surface area contributed by atoms with E-state index < -0.39 is 0 Å². The Morgan fingerprint density at radius 2 is 1.96 bits per heavy atom. The van der Waals surface area contributed by atoms with Crippen LogP contribution in [0.4, 0.5) is 0 Å². The van der Waals surface area contributed by atoms with Gasteiger partial charge in [-0.2, -0.15) is 0 Å². The summed E-state index contributed by atoms with van der Waals surface area (Å²) in [6.45, 7) is 6.52. The van der Waals surface area contributed by atoms with Crippen molar-refractivity contribution in [1.29, 1.82) is 0 Å².